The van der Waals surface area contributed by atoms with Gasteiger partial charge in [-0.05, 0) is 50.8 Å². The van der Waals surface area contributed by atoms with Gasteiger partial charge in [0.25, 0.3) is 0 Å². The quantitative estimate of drug-likeness (QED) is 0.757. The molecule has 0 saturated carbocycles. The number of anilines is 1. The van der Waals surface area contributed by atoms with E-state index in [9.17, 15) is 4.79 Å². The largest absolute Gasteiger partial charge is 0.478 e. The minimum Gasteiger partial charge on any atom is -0.478 e. The van der Waals surface area contributed by atoms with Crippen molar-refractivity contribution in [2.45, 2.75) is 6.42 Å². The summed E-state index contributed by atoms with van der Waals surface area (Å²) in [6.07, 6.45) is 5.39. The number of hydrogen-bond acceptors (Lipinski definition) is 4. The lowest BCUT2D eigenvalue weighted by atomic mass is 10.2. The molecule has 0 aliphatic rings. The van der Waals surface area contributed by atoms with Crippen LogP contribution in [0.25, 0.3) is 6.08 Å². The highest BCUT2D eigenvalue weighted by Crippen LogP contribution is 2.11. The van der Waals surface area contributed by atoms with Gasteiger partial charge in [0.05, 0.1) is 0 Å². The maximum absolute atomic E-state index is 10.4. The van der Waals surface area contributed by atoms with Crippen LogP contribution in [0.4, 0.5) is 5.82 Å². The van der Waals surface area contributed by atoms with Gasteiger partial charge in [0.2, 0.25) is 0 Å². The van der Waals surface area contributed by atoms with Crippen molar-refractivity contribution in [2.24, 2.45) is 0 Å². The molecule has 0 aliphatic carbocycles. The average molecular weight is 263 g/mol. The highest BCUT2D eigenvalue weighted by atomic mass is 16.4. The summed E-state index contributed by atoms with van der Waals surface area (Å²) < 4.78 is 0. The normalized spacial score (nSPS) is 11.2. The van der Waals surface area contributed by atoms with Crippen LogP contribution in [0.5, 0.6) is 0 Å². The molecule has 0 atom stereocenters. The van der Waals surface area contributed by atoms with E-state index in [0.29, 0.717) is 0 Å². The topological polar surface area (TPSA) is 56.7 Å². The predicted octanol–water partition coefficient (Wildman–Crippen LogP) is 1.57. The molecule has 0 bridgehead atoms. The van der Waals surface area contributed by atoms with Crippen molar-refractivity contribution in [1.29, 1.82) is 0 Å². The summed E-state index contributed by atoms with van der Waals surface area (Å²) >= 11 is 0. The van der Waals surface area contributed by atoms with Crippen LogP contribution in [0.15, 0.2) is 24.4 Å². The molecular formula is C14H21N3O2. The molecule has 0 unspecified atom stereocenters. The highest BCUT2D eigenvalue weighted by Gasteiger charge is 2.02. The number of nitrogens with zero attached hydrogens (tertiary/aromatic N) is 3. The van der Waals surface area contributed by atoms with Crippen molar-refractivity contribution >= 4 is 17.9 Å². The van der Waals surface area contributed by atoms with Gasteiger partial charge in [-0.2, -0.15) is 0 Å². The molecule has 0 saturated heterocycles. The van der Waals surface area contributed by atoms with Gasteiger partial charge < -0.3 is 14.9 Å². The number of rotatable bonds is 7. The van der Waals surface area contributed by atoms with Crippen molar-refractivity contribution < 1.29 is 9.90 Å². The first-order valence-corrected chi connectivity index (χ1v) is 6.22. The molecular weight excluding hydrogens is 242 g/mol. The minimum absolute atomic E-state index is 0.785. The van der Waals surface area contributed by atoms with Crippen LogP contribution in [-0.2, 0) is 4.79 Å². The van der Waals surface area contributed by atoms with Crippen LogP contribution in [0.2, 0.25) is 0 Å². The van der Waals surface area contributed by atoms with Gasteiger partial charge in [-0.15, -0.1) is 0 Å². The molecule has 0 aromatic carbocycles. The number of carbonyl (C=O) groups is 1. The zero-order valence-electron chi connectivity index (χ0n) is 11.7. The summed E-state index contributed by atoms with van der Waals surface area (Å²) in [6.45, 7) is 1.99. The van der Waals surface area contributed by atoms with Crippen molar-refractivity contribution in [3.05, 3.63) is 30.0 Å². The number of hydrogen-bond donors (Lipinski definition) is 1. The number of carboxylic acids is 1. The fourth-order valence-electron chi connectivity index (χ4n) is 1.63. The fourth-order valence-corrected chi connectivity index (χ4v) is 1.63. The van der Waals surface area contributed by atoms with Crippen molar-refractivity contribution in [3.8, 4) is 0 Å². The third kappa shape index (κ3) is 6.01. The number of aliphatic carboxylic acids is 1. The summed E-state index contributed by atoms with van der Waals surface area (Å²) in [7, 11) is 6.12. The first kappa shape index (κ1) is 15.2. The smallest absolute Gasteiger partial charge is 0.328 e. The Kier molecular flexibility index (Phi) is 6.02. The van der Waals surface area contributed by atoms with Gasteiger partial charge >= 0.3 is 5.97 Å². The Labute approximate surface area is 114 Å². The van der Waals surface area contributed by atoms with E-state index in [1.165, 1.54) is 6.08 Å². The van der Waals surface area contributed by atoms with Crippen LogP contribution in [0.1, 0.15) is 12.0 Å². The molecule has 1 heterocycles. The Morgan fingerprint density at radius 1 is 1.32 bits per heavy atom. The van der Waals surface area contributed by atoms with Crippen LogP contribution >= 0.6 is 0 Å². The average Bonchev–Trinajstić information content (AvgIpc) is 2.36. The van der Waals surface area contributed by atoms with E-state index in [-0.39, 0.29) is 0 Å². The molecule has 1 rings (SSSR count). The Hall–Kier alpha value is -1.88. The Bertz CT molecular complexity index is 427. The van der Waals surface area contributed by atoms with E-state index in [4.69, 9.17) is 5.11 Å². The van der Waals surface area contributed by atoms with Gasteiger partial charge in [0, 0.05) is 25.9 Å². The van der Waals surface area contributed by atoms with E-state index in [1.54, 1.807) is 6.20 Å². The van der Waals surface area contributed by atoms with E-state index < -0.39 is 5.97 Å². The van der Waals surface area contributed by atoms with Gasteiger partial charge in [0.1, 0.15) is 5.82 Å². The Morgan fingerprint density at radius 2 is 2.05 bits per heavy atom. The van der Waals surface area contributed by atoms with Crippen LogP contribution < -0.4 is 4.90 Å². The molecule has 1 aromatic rings. The molecule has 0 radical (unpaired) electrons. The fraction of sp³-hybridized carbons (Fsp3) is 0.429. The summed E-state index contributed by atoms with van der Waals surface area (Å²) in [5.74, 6) is -0.0592. The number of carboxylic acid groups (broad SMARTS) is 1. The lowest BCUT2D eigenvalue weighted by molar-refractivity contribution is -0.131. The second-order valence-corrected chi connectivity index (χ2v) is 4.70. The van der Waals surface area contributed by atoms with Crippen LogP contribution in [-0.4, -0.2) is 55.2 Å². The van der Waals surface area contributed by atoms with Crippen LogP contribution in [0, 0.1) is 0 Å². The van der Waals surface area contributed by atoms with Gasteiger partial charge in [-0.25, -0.2) is 9.78 Å². The number of pyridine rings is 1. The van der Waals surface area contributed by atoms with Crippen molar-refractivity contribution in [1.82, 2.24) is 9.88 Å². The molecule has 19 heavy (non-hydrogen) atoms. The molecule has 5 heteroatoms. The minimum atomic E-state index is -0.954. The zero-order valence-corrected chi connectivity index (χ0v) is 11.7. The van der Waals surface area contributed by atoms with Gasteiger partial charge in [-0.3, -0.25) is 0 Å². The van der Waals surface area contributed by atoms with Crippen LogP contribution in [0.3, 0.4) is 0 Å². The van der Waals surface area contributed by atoms with Gasteiger partial charge in [0.15, 0.2) is 0 Å². The summed E-state index contributed by atoms with van der Waals surface area (Å²) in [4.78, 5) is 19.0. The monoisotopic (exact) mass is 263 g/mol. The molecule has 104 valence electrons. The first-order valence-electron chi connectivity index (χ1n) is 6.22. The Morgan fingerprint density at radius 3 is 2.58 bits per heavy atom. The molecule has 0 fully saturated rings. The molecule has 5 nitrogen and oxygen atoms in total. The third-order valence-electron chi connectivity index (χ3n) is 2.68. The second kappa shape index (κ2) is 7.53. The van der Waals surface area contributed by atoms with E-state index >= 15 is 0 Å². The van der Waals surface area contributed by atoms with Crippen molar-refractivity contribution in [3.63, 3.8) is 0 Å². The number of aromatic nitrogens is 1. The van der Waals surface area contributed by atoms with E-state index in [2.05, 4.69) is 28.9 Å². The standard InChI is InChI=1S/C14H21N3O2/c1-16(2)9-4-10-17(3)13-7-5-12(11-15-13)6-8-14(18)19/h5-8,11H,4,9-10H2,1-3H3,(H,18,19)/b8-6+. The Balaban J connectivity index is 2.53. The van der Waals surface area contributed by atoms with E-state index in [0.717, 1.165) is 37.0 Å². The maximum Gasteiger partial charge on any atom is 0.328 e. The molecule has 0 amide bonds. The maximum atomic E-state index is 10.4. The summed E-state index contributed by atoms with van der Waals surface area (Å²) in [6, 6.07) is 3.77. The summed E-state index contributed by atoms with van der Waals surface area (Å²) in [5.41, 5.74) is 0.785. The lowest BCUT2D eigenvalue weighted by Gasteiger charge is -2.19. The first-order chi connectivity index (χ1) is 8.99. The third-order valence-corrected chi connectivity index (χ3v) is 2.68. The molecule has 1 aromatic heterocycles. The summed E-state index contributed by atoms with van der Waals surface area (Å²) in [5, 5.41) is 8.54. The van der Waals surface area contributed by atoms with Crippen molar-refractivity contribution in [2.75, 3.05) is 39.1 Å². The molecule has 1 N–H and O–H groups in total. The second-order valence-electron chi connectivity index (χ2n) is 4.70. The molecule has 0 spiro atoms. The van der Waals surface area contributed by atoms with E-state index in [1.807, 2.05) is 19.2 Å². The SMILES string of the molecule is CN(C)CCCN(C)c1ccc(/C=C/C(=O)O)cn1. The molecule has 0 aliphatic heterocycles. The lowest BCUT2D eigenvalue weighted by Crippen LogP contribution is -2.23. The van der Waals surface area contributed by atoms with Gasteiger partial charge in [-0.1, -0.05) is 0 Å². The highest BCUT2D eigenvalue weighted by molar-refractivity contribution is 5.85. The zero-order chi connectivity index (χ0) is 14.3. The predicted molar refractivity (Wildman–Crippen MR) is 77.3 cm³/mol.